The Hall–Kier alpha value is 0. The molecule has 0 aromatic heterocycles. The zero-order valence-electron chi connectivity index (χ0n) is 9.24. The molecule has 0 aromatic carbocycles. The first-order valence-electron chi connectivity index (χ1n) is 5.41. The van der Waals surface area contributed by atoms with Crippen LogP contribution in [0.3, 0.4) is 0 Å². The molecule has 0 amide bonds. The largest absolute Gasteiger partial charge is 0.0599 e. The Bertz CT molecular complexity index is 112. The maximum absolute atomic E-state index is 2.42. The summed E-state index contributed by atoms with van der Waals surface area (Å²) in [6, 6.07) is 0. The predicted molar refractivity (Wildman–Crippen MR) is 55.3 cm³/mol. The van der Waals surface area contributed by atoms with E-state index in [1.54, 1.807) is 0 Å². The van der Waals surface area contributed by atoms with Gasteiger partial charge in [0.1, 0.15) is 0 Å². The van der Waals surface area contributed by atoms with Crippen LogP contribution in [0.15, 0.2) is 0 Å². The molecule has 0 nitrogen and oxygen atoms in total. The smallest absolute Gasteiger partial charge is 0.0354 e. The summed E-state index contributed by atoms with van der Waals surface area (Å²) in [6.45, 7) is 9.69. The van der Waals surface area contributed by atoms with Crippen molar-refractivity contribution in [2.75, 3.05) is 0 Å². The van der Waals surface area contributed by atoms with E-state index in [0.29, 0.717) is 10.8 Å². The molecule has 0 radical (unpaired) electrons. The number of hydrogen-bond acceptors (Lipinski definition) is 0. The molecule has 0 N–H and O–H groups in total. The molecule has 1 rings (SSSR count). The van der Waals surface area contributed by atoms with Crippen LogP contribution in [0.4, 0.5) is 0 Å². The highest BCUT2D eigenvalue weighted by atomic mass is 14.3. The molecule has 0 saturated heterocycles. The summed E-state index contributed by atoms with van der Waals surface area (Å²) in [5.74, 6) is 0. The molecule has 0 spiro atoms. The Kier molecular flexibility index (Phi) is 2.85. The molecule has 1 saturated carbocycles. The molecule has 0 bridgehead atoms. The first kappa shape index (κ1) is 10.1. The average Bonchev–Trinajstić information content (AvgIpc) is 1.82. The van der Waals surface area contributed by atoms with Crippen molar-refractivity contribution in [3.63, 3.8) is 0 Å². The van der Waals surface area contributed by atoms with Gasteiger partial charge in [0.05, 0.1) is 0 Å². The van der Waals surface area contributed by atoms with Gasteiger partial charge in [-0.2, -0.15) is 0 Å². The molecule has 12 heavy (non-hydrogen) atoms. The van der Waals surface area contributed by atoms with E-state index in [9.17, 15) is 0 Å². The summed E-state index contributed by atoms with van der Waals surface area (Å²) in [5.41, 5.74) is 1.24. The van der Waals surface area contributed by atoms with Crippen molar-refractivity contribution in [3.8, 4) is 0 Å². The molecule has 1 fully saturated rings. The van der Waals surface area contributed by atoms with Gasteiger partial charge in [-0.3, -0.25) is 0 Å². The van der Waals surface area contributed by atoms with Gasteiger partial charge in [-0.25, -0.2) is 0 Å². The third kappa shape index (κ3) is 3.16. The van der Waals surface area contributed by atoms with Crippen LogP contribution in [0.5, 0.6) is 0 Å². The van der Waals surface area contributed by atoms with Crippen LogP contribution in [0.25, 0.3) is 0 Å². The van der Waals surface area contributed by atoms with Gasteiger partial charge in [0.25, 0.3) is 0 Å². The highest BCUT2D eigenvalue weighted by Crippen LogP contribution is 2.39. The Morgan fingerprint density at radius 2 is 0.833 bits per heavy atom. The lowest BCUT2D eigenvalue weighted by atomic mass is 9.72. The fourth-order valence-corrected chi connectivity index (χ4v) is 2.34. The first-order chi connectivity index (χ1) is 5.41. The fraction of sp³-hybridized carbons (Fsp3) is 1.00. The van der Waals surface area contributed by atoms with Crippen molar-refractivity contribution in [1.82, 2.24) is 0 Å². The van der Waals surface area contributed by atoms with Crippen molar-refractivity contribution >= 4 is 0 Å². The lowest BCUT2D eigenvalue weighted by molar-refractivity contribution is 0.191. The van der Waals surface area contributed by atoms with E-state index in [4.69, 9.17) is 0 Å². The highest BCUT2D eigenvalue weighted by molar-refractivity contribution is 4.77. The monoisotopic (exact) mass is 168 g/mol. The first-order valence-corrected chi connectivity index (χ1v) is 5.41. The number of rotatable bonds is 0. The minimum Gasteiger partial charge on any atom is -0.0599 e. The molecule has 72 valence electrons. The third-order valence-corrected chi connectivity index (χ3v) is 3.41. The van der Waals surface area contributed by atoms with Gasteiger partial charge in [0.15, 0.2) is 0 Å². The molecule has 0 heterocycles. The Balaban J connectivity index is 2.45. The molecule has 0 heteroatoms. The quantitative estimate of drug-likeness (QED) is 0.503. The van der Waals surface area contributed by atoms with E-state index in [0.717, 1.165) is 0 Å². The van der Waals surface area contributed by atoms with Gasteiger partial charge in [0, 0.05) is 0 Å². The van der Waals surface area contributed by atoms with Crippen LogP contribution in [0, 0.1) is 10.8 Å². The summed E-state index contributed by atoms with van der Waals surface area (Å²) >= 11 is 0. The van der Waals surface area contributed by atoms with Crippen molar-refractivity contribution in [2.45, 2.75) is 66.2 Å². The molecular formula is C12H24. The standard InChI is InChI=1S/C12H24/c1-11(2)7-5-9-12(3,4)10-6-8-11/h5-10H2,1-4H3. The Morgan fingerprint density at radius 1 is 0.583 bits per heavy atom. The van der Waals surface area contributed by atoms with Crippen LogP contribution in [-0.4, -0.2) is 0 Å². The minimum atomic E-state index is 0.622. The van der Waals surface area contributed by atoms with Gasteiger partial charge < -0.3 is 0 Å². The normalized spacial score (nSPS) is 29.0. The maximum atomic E-state index is 2.42. The lowest BCUT2D eigenvalue weighted by Crippen LogP contribution is -2.20. The fourth-order valence-electron chi connectivity index (χ4n) is 2.34. The SMILES string of the molecule is CC1(C)CCCC(C)(C)CCC1. The van der Waals surface area contributed by atoms with Gasteiger partial charge in [0.2, 0.25) is 0 Å². The van der Waals surface area contributed by atoms with E-state index < -0.39 is 0 Å². The zero-order valence-corrected chi connectivity index (χ0v) is 9.24. The lowest BCUT2D eigenvalue weighted by Gasteiger charge is -2.33. The molecule has 0 aliphatic heterocycles. The van der Waals surface area contributed by atoms with Gasteiger partial charge in [-0.1, -0.05) is 40.5 Å². The molecule has 0 unspecified atom stereocenters. The predicted octanol–water partition coefficient (Wildman–Crippen LogP) is 4.39. The Labute approximate surface area is 77.7 Å². The molecule has 0 aromatic rings. The van der Waals surface area contributed by atoms with Gasteiger partial charge in [-0.05, 0) is 36.5 Å². The maximum Gasteiger partial charge on any atom is -0.0354 e. The molecule has 1 aliphatic rings. The molecular weight excluding hydrogens is 144 g/mol. The zero-order chi connectivity index (χ0) is 9.24. The highest BCUT2D eigenvalue weighted by Gasteiger charge is 2.25. The topological polar surface area (TPSA) is 0 Å². The average molecular weight is 168 g/mol. The van der Waals surface area contributed by atoms with Crippen molar-refractivity contribution in [3.05, 3.63) is 0 Å². The summed E-state index contributed by atoms with van der Waals surface area (Å²) in [7, 11) is 0. The van der Waals surface area contributed by atoms with E-state index in [2.05, 4.69) is 27.7 Å². The van der Waals surface area contributed by atoms with E-state index in [-0.39, 0.29) is 0 Å². The van der Waals surface area contributed by atoms with Crippen molar-refractivity contribution < 1.29 is 0 Å². The van der Waals surface area contributed by atoms with Crippen LogP contribution >= 0.6 is 0 Å². The van der Waals surface area contributed by atoms with Crippen molar-refractivity contribution in [1.29, 1.82) is 0 Å². The summed E-state index contributed by atoms with van der Waals surface area (Å²) < 4.78 is 0. The van der Waals surface area contributed by atoms with E-state index in [1.807, 2.05) is 0 Å². The third-order valence-electron chi connectivity index (χ3n) is 3.41. The Morgan fingerprint density at radius 3 is 1.08 bits per heavy atom. The van der Waals surface area contributed by atoms with Crippen LogP contribution in [0.1, 0.15) is 66.2 Å². The van der Waals surface area contributed by atoms with Crippen molar-refractivity contribution in [2.24, 2.45) is 10.8 Å². The van der Waals surface area contributed by atoms with Gasteiger partial charge in [-0.15, -0.1) is 0 Å². The van der Waals surface area contributed by atoms with Crippen LogP contribution in [-0.2, 0) is 0 Å². The summed E-state index contributed by atoms with van der Waals surface area (Å²) in [6.07, 6.45) is 8.57. The molecule has 1 aliphatic carbocycles. The van der Waals surface area contributed by atoms with Crippen LogP contribution < -0.4 is 0 Å². The second-order valence-corrected chi connectivity index (χ2v) is 6.04. The molecule has 0 atom stereocenters. The van der Waals surface area contributed by atoms with E-state index >= 15 is 0 Å². The minimum absolute atomic E-state index is 0.622. The second kappa shape index (κ2) is 3.40. The summed E-state index contributed by atoms with van der Waals surface area (Å²) in [5, 5.41) is 0. The second-order valence-electron chi connectivity index (χ2n) is 6.04. The van der Waals surface area contributed by atoms with Crippen LogP contribution in [0.2, 0.25) is 0 Å². The number of hydrogen-bond donors (Lipinski definition) is 0. The summed E-state index contributed by atoms with van der Waals surface area (Å²) in [4.78, 5) is 0. The van der Waals surface area contributed by atoms with E-state index in [1.165, 1.54) is 38.5 Å². The van der Waals surface area contributed by atoms with Gasteiger partial charge >= 0.3 is 0 Å².